The molecule has 1 heterocycles. The van der Waals surface area contributed by atoms with Crippen LogP contribution in [0.2, 0.25) is 0 Å². The summed E-state index contributed by atoms with van der Waals surface area (Å²) in [5, 5.41) is 9.10. The molecule has 1 saturated carbocycles. The molecule has 0 bridgehead atoms. The van der Waals surface area contributed by atoms with E-state index in [1.807, 2.05) is 0 Å². The Labute approximate surface area is 89.5 Å². The van der Waals surface area contributed by atoms with Crippen LogP contribution >= 0.6 is 11.8 Å². The van der Waals surface area contributed by atoms with Gasteiger partial charge in [0.05, 0.1) is 5.92 Å². The molecule has 1 aliphatic heterocycles. The Hall–Kier alpha value is -0.180. The molecule has 0 aromatic heterocycles. The summed E-state index contributed by atoms with van der Waals surface area (Å²) in [6.07, 6.45) is 6.35. The molecule has 0 radical (unpaired) electrons. The van der Waals surface area contributed by atoms with Crippen molar-refractivity contribution >= 4 is 17.7 Å². The van der Waals surface area contributed by atoms with Crippen LogP contribution in [0.1, 0.15) is 32.1 Å². The van der Waals surface area contributed by atoms with Gasteiger partial charge >= 0.3 is 5.97 Å². The van der Waals surface area contributed by atoms with Crippen LogP contribution in [0.5, 0.6) is 0 Å². The van der Waals surface area contributed by atoms with Crippen molar-refractivity contribution in [2.24, 2.45) is 17.8 Å². The number of thioether (sulfide) groups is 1. The van der Waals surface area contributed by atoms with Crippen molar-refractivity contribution < 1.29 is 9.90 Å². The predicted molar refractivity (Wildman–Crippen MR) is 58.5 cm³/mol. The van der Waals surface area contributed by atoms with Gasteiger partial charge < -0.3 is 5.11 Å². The fourth-order valence-electron chi connectivity index (χ4n) is 2.49. The lowest BCUT2D eigenvalue weighted by Crippen LogP contribution is -2.32. The largest absolute Gasteiger partial charge is 0.481 e. The van der Waals surface area contributed by atoms with Gasteiger partial charge in [0.25, 0.3) is 0 Å². The maximum Gasteiger partial charge on any atom is 0.307 e. The smallest absolute Gasteiger partial charge is 0.307 e. The van der Waals surface area contributed by atoms with Crippen LogP contribution in [0, 0.1) is 17.8 Å². The van der Waals surface area contributed by atoms with E-state index in [1.54, 1.807) is 11.8 Å². The van der Waals surface area contributed by atoms with Crippen molar-refractivity contribution in [1.29, 1.82) is 0 Å². The summed E-state index contributed by atoms with van der Waals surface area (Å²) in [5.74, 6) is 2.70. The maximum absolute atomic E-state index is 11.0. The molecule has 2 rings (SSSR count). The normalized spacial score (nSPS) is 33.7. The lowest BCUT2D eigenvalue weighted by atomic mass is 9.75. The molecule has 0 aromatic carbocycles. The van der Waals surface area contributed by atoms with Gasteiger partial charge in [0.15, 0.2) is 0 Å². The first kappa shape index (κ1) is 10.3. The Morgan fingerprint density at radius 2 is 2.14 bits per heavy atom. The molecule has 2 atom stereocenters. The molecule has 0 amide bonds. The van der Waals surface area contributed by atoms with Crippen LogP contribution in [0.3, 0.4) is 0 Å². The van der Waals surface area contributed by atoms with Crippen LogP contribution in [0.25, 0.3) is 0 Å². The van der Waals surface area contributed by atoms with Crippen LogP contribution in [-0.2, 0) is 4.79 Å². The first-order valence-corrected chi connectivity index (χ1v) is 6.73. The highest BCUT2D eigenvalue weighted by atomic mass is 32.2. The fourth-order valence-corrected chi connectivity index (χ4v) is 3.80. The van der Waals surface area contributed by atoms with Crippen molar-refractivity contribution in [1.82, 2.24) is 0 Å². The number of carboxylic acid groups (broad SMARTS) is 1. The second kappa shape index (κ2) is 4.56. The number of hydrogen-bond acceptors (Lipinski definition) is 2. The standard InChI is InChI=1S/C11H18O2S/c12-11(13)10-7-14-5-4-9(10)6-8-2-1-3-8/h8-10H,1-7H2,(H,12,13). The van der Waals surface area contributed by atoms with Gasteiger partial charge in [-0.05, 0) is 30.4 Å². The van der Waals surface area contributed by atoms with Gasteiger partial charge in [-0.25, -0.2) is 0 Å². The van der Waals surface area contributed by atoms with Crippen LogP contribution in [-0.4, -0.2) is 22.6 Å². The molecule has 2 unspecified atom stereocenters. The number of carbonyl (C=O) groups is 1. The first-order valence-electron chi connectivity index (χ1n) is 5.58. The Morgan fingerprint density at radius 3 is 2.71 bits per heavy atom. The highest BCUT2D eigenvalue weighted by molar-refractivity contribution is 7.99. The molecule has 0 aromatic rings. The minimum absolute atomic E-state index is 0.0608. The van der Waals surface area contributed by atoms with Gasteiger partial charge in [-0.15, -0.1) is 0 Å². The van der Waals surface area contributed by atoms with Crippen LogP contribution in [0.15, 0.2) is 0 Å². The van der Waals surface area contributed by atoms with Crippen molar-refractivity contribution in [2.45, 2.75) is 32.1 Å². The molecular formula is C11H18O2S. The second-order valence-corrected chi connectivity index (χ2v) is 5.75. The van der Waals surface area contributed by atoms with Crippen molar-refractivity contribution in [3.05, 3.63) is 0 Å². The average molecular weight is 214 g/mol. The minimum atomic E-state index is -0.568. The monoisotopic (exact) mass is 214 g/mol. The van der Waals surface area contributed by atoms with Crippen LogP contribution < -0.4 is 0 Å². The average Bonchev–Trinajstić information content (AvgIpc) is 2.12. The summed E-state index contributed by atoms with van der Waals surface area (Å²) in [6, 6.07) is 0. The molecule has 2 aliphatic rings. The van der Waals surface area contributed by atoms with Gasteiger partial charge in [-0.2, -0.15) is 11.8 Å². The molecule has 2 fully saturated rings. The molecule has 1 N–H and O–H groups in total. The Morgan fingerprint density at radius 1 is 1.36 bits per heavy atom. The van der Waals surface area contributed by atoms with E-state index in [0.717, 1.165) is 18.1 Å². The van der Waals surface area contributed by atoms with Crippen molar-refractivity contribution in [2.75, 3.05) is 11.5 Å². The van der Waals surface area contributed by atoms with E-state index >= 15 is 0 Å². The lowest BCUT2D eigenvalue weighted by Gasteiger charge is -2.34. The quantitative estimate of drug-likeness (QED) is 0.784. The zero-order valence-corrected chi connectivity index (χ0v) is 9.26. The molecule has 80 valence electrons. The first-order chi connectivity index (χ1) is 6.77. The predicted octanol–water partition coefficient (Wildman–Crippen LogP) is 2.63. The van der Waals surface area contributed by atoms with Gasteiger partial charge in [-0.1, -0.05) is 19.3 Å². The van der Waals surface area contributed by atoms with Crippen LogP contribution in [0.4, 0.5) is 0 Å². The van der Waals surface area contributed by atoms with E-state index in [-0.39, 0.29) is 5.92 Å². The molecule has 2 nitrogen and oxygen atoms in total. The summed E-state index contributed by atoms with van der Waals surface area (Å²) in [4.78, 5) is 11.0. The highest BCUT2D eigenvalue weighted by Gasteiger charge is 2.33. The molecule has 1 aliphatic carbocycles. The van der Waals surface area contributed by atoms with E-state index in [4.69, 9.17) is 5.11 Å². The highest BCUT2D eigenvalue weighted by Crippen LogP contribution is 2.39. The topological polar surface area (TPSA) is 37.3 Å². The summed E-state index contributed by atoms with van der Waals surface area (Å²) in [6.45, 7) is 0. The van der Waals surface area contributed by atoms with E-state index in [2.05, 4.69) is 0 Å². The van der Waals surface area contributed by atoms with Crippen molar-refractivity contribution in [3.63, 3.8) is 0 Å². The van der Waals surface area contributed by atoms with Gasteiger partial charge in [0, 0.05) is 5.75 Å². The fraction of sp³-hybridized carbons (Fsp3) is 0.909. The molecule has 1 saturated heterocycles. The minimum Gasteiger partial charge on any atom is -0.481 e. The number of rotatable bonds is 3. The van der Waals surface area contributed by atoms with E-state index in [9.17, 15) is 4.79 Å². The number of hydrogen-bond donors (Lipinski definition) is 1. The third-order valence-electron chi connectivity index (χ3n) is 3.68. The Balaban J connectivity index is 1.88. The SMILES string of the molecule is O=C(O)C1CSCCC1CC1CCC1. The maximum atomic E-state index is 11.0. The number of carboxylic acids is 1. The van der Waals surface area contributed by atoms with E-state index < -0.39 is 5.97 Å². The molecule has 3 heteroatoms. The Kier molecular flexibility index (Phi) is 3.37. The van der Waals surface area contributed by atoms with Crippen molar-refractivity contribution in [3.8, 4) is 0 Å². The van der Waals surface area contributed by atoms with Gasteiger partial charge in [0.1, 0.15) is 0 Å². The molecular weight excluding hydrogens is 196 g/mol. The summed E-state index contributed by atoms with van der Waals surface area (Å²) in [5.41, 5.74) is 0. The molecule has 0 spiro atoms. The lowest BCUT2D eigenvalue weighted by molar-refractivity contribution is -0.143. The zero-order valence-electron chi connectivity index (χ0n) is 8.45. The van der Waals surface area contributed by atoms with E-state index in [0.29, 0.717) is 5.92 Å². The number of aliphatic carboxylic acids is 1. The summed E-state index contributed by atoms with van der Waals surface area (Å²) < 4.78 is 0. The zero-order chi connectivity index (χ0) is 9.97. The van der Waals surface area contributed by atoms with E-state index in [1.165, 1.54) is 31.4 Å². The summed E-state index contributed by atoms with van der Waals surface area (Å²) in [7, 11) is 0. The Bertz CT molecular complexity index is 213. The van der Waals surface area contributed by atoms with Gasteiger partial charge in [-0.3, -0.25) is 4.79 Å². The second-order valence-electron chi connectivity index (χ2n) is 4.60. The molecule has 14 heavy (non-hydrogen) atoms. The third kappa shape index (κ3) is 2.25. The third-order valence-corrected chi connectivity index (χ3v) is 4.80. The summed E-state index contributed by atoms with van der Waals surface area (Å²) >= 11 is 1.81. The van der Waals surface area contributed by atoms with Gasteiger partial charge in [0.2, 0.25) is 0 Å².